The Kier molecular flexibility index (Phi) is 6.19. The van der Waals surface area contributed by atoms with Gasteiger partial charge >= 0.3 is 0 Å². The molecule has 1 fully saturated rings. The Morgan fingerprint density at radius 2 is 1.94 bits per heavy atom. The Labute approximate surface area is 192 Å². The third-order valence-corrected chi connectivity index (χ3v) is 7.79. The summed E-state index contributed by atoms with van der Waals surface area (Å²) < 4.78 is 36.2. The van der Waals surface area contributed by atoms with E-state index in [9.17, 15) is 18.0 Å². The number of aryl methyl sites for hydroxylation is 1. The zero-order chi connectivity index (χ0) is 23.9. The minimum atomic E-state index is -3.01. The highest BCUT2D eigenvalue weighted by molar-refractivity contribution is 7.91. The molecule has 1 amide bonds. The van der Waals surface area contributed by atoms with Crippen LogP contribution in [0.25, 0.3) is 0 Å². The van der Waals surface area contributed by atoms with Crippen molar-refractivity contribution in [1.82, 2.24) is 14.7 Å². The van der Waals surface area contributed by atoms with Crippen LogP contribution in [0.2, 0.25) is 0 Å². The van der Waals surface area contributed by atoms with E-state index < -0.39 is 9.84 Å². The van der Waals surface area contributed by atoms with Crippen molar-refractivity contribution in [2.75, 3.05) is 37.2 Å². The highest BCUT2D eigenvalue weighted by Gasteiger charge is 2.31. The molecule has 1 aromatic carbocycles. The number of rotatable bonds is 7. The van der Waals surface area contributed by atoms with E-state index in [4.69, 9.17) is 9.47 Å². The van der Waals surface area contributed by atoms with Gasteiger partial charge in [-0.2, -0.15) is 5.10 Å². The normalized spacial score (nSPS) is 18.6. The Hall–Kier alpha value is -2.92. The number of likely N-dealkylation sites (N-methyl/N-ethyl adjacent to an activating group) is 1. The van der Waals surface area contributed by atoms with E-state index in [-0.39, 0.29) is 42.6 Å². The molecule has 10 nitrogen and oxygen atoms in total. The number of amides is 1. The van der Waals surface area contributed by atoms with Gasteiger partial charge in [-0.3, -0.25) is 19.2 Å². The van der Waals surface area contributed by atoms with E-state index in [2.05, 4.69) is 10.4 Å². The molecule has 2 aromatic rings. The van der Waals surface area contributed by atoms with Gasteiger partial charge in [-0.15, -0.1) is 0 Å². The first-order valence-electron chi connectivity index (χ1n) is 10.7. The number of aromatic nitrogens is 2. The smallest absolute Gasteiger partial charge is 0.238 e. The molecule has 0 spiro atoms. The van der Waals surface area contributed by atoms with Crippen LogP contribution < -0.4 is 14.8 Å². The van der Waals surface area contributed by atoms with Crippen LogP contribution in [0, 0.1) is 13.8 Å². The quantitative estimate of drug-likeness (QED) is 0.602. The molecular formula is C22H28N4O6S. The highest BCUT2D eigenvalue weighted by atomic mass is 32.2. The highest BCUT2D eigenvalue weighted by Crippen LogP contribution is 2.37. The SMILES string of the molecule is CC(=O)c1cc2c(cc1NC(=O)CN(C)Cc1c(C)nn(C3CCS(=O)(=O)C3)c1C)OCO2. The maximum absolute atomic E-state index is 12.7. The molecule has 11 heteroatoms. The minimum Gasteiger partial charge on any atom is -0.454 e. The number of Topliss-reactive ketones (excluding diaryl/α,β-unsaturated/α-hetero) is 1. The van der Waals surface area contributed by atoms with Crippen LogP contribution in [0.4, 0.5) is 5.69 Å². The number of anilines is 1. The number of nitrogens with one attached hydrogen (secondary N) is 1. The molecule has 2 aliphatic rings. The van der Waals surface area contributed by atoms with Gasteiger partial charge in [0.25, 0.3) is 0 Å². The molecule has 33 heavy (non-hydrogen) atoms. The molecule has 0 radical (unpaired) electrons. The third-order valence-electron chi connectivity index (χ3n) is 6.04. The van der Waals surface area contributed by atoms with Crippen LogP contribution in [-0.4, -0.2) is 66.7 Å². The summed E-state index contributed by atoms with van der Waals surface area (Å²) in [5.41, 5.74) is 3.44. The third kappa shape index (κ3) is 4.88. The first-order valence-corrected chi connectivity index (χ1v) is 12.5. The summed E-state index contributed by atoms with van der Waals surface area (Å²) in [5.74, 6) is 0.798. The van der Waals surface area contributed by atoms with E-state index in [1.54, 1.807) is 12.1 Å². The van der Waals surface area contributed by atoms with Crippen LogP contribution >= 0.6 is 0 Å². The predicted molar refractivity (Wildman–Crippen MR) is 122 cm³/mol. The monoisotopic (exact) mass is 476 g/mol. The second-order valence-corrected chi connectivity index (χ2v) is 10.9. The standard InChI is InChI=1S/C22H28N4O6S/c1-13-18(14(2)26(24-13)16-5-6-33(29,30)11-16)9-25(4)10-22(28)23-19-8-21-20(31-12-32-21)7-17(19)15(3)27/h7-8,16H,5-6,9-12H2,1-4H3,(H,23,28). The van der Waals surface area contributed by atoms with Crippen molar-refractivity contribution >= 4 is 27.2 Å². The topological polar surface area (TPSA) is 120 Å². The molecule has 0 bridgehead atoms. The lowest BCUT2D eigenvalue weighted by Gasteiger charge is -2.18. The van der Waals surface area contributed by atoms with E-state index in [1.807, 2.05) is 30.5 Å². The van der Waals surface area contributed by atoms with Crippen LogP contribution in [0.1, 0.15) is 46.7 Å². The first kappa shape index (κ1) is 23.2. The lowest BCUT2D eigenvalue weighted by molar-refractivity contribution is -0.117. The van der Waals surface area contributed by atoms with Crippen molar-refractivity contribution < 1.29 is 27.5 Å². The predicted octanol–water partition coefficient (Wildman–Crippen LogP) is 1.86. The molecule has 1 unspecified atom stereocenters. The van der Waals surface area contributed by atoms with Gasteiger partial charge in [-0.25, -0.2) is 8.42 Å². The Bertz CT molecular complexity index is 1220. The van der Waals surface area contributed by atoms with E-state index in [0.29, 0.717) is 35.7 Å². The molecule has 178 valence electrons. The van der Waals surface area contributed by atoms with Gasteiger partial charge in [0.2, 0.25) is 12.7 Å². The summed E-state index contributed by atoms with van der Waals surface area (Å²) >= 11 is 0. The zero-order valence-electron chi connectivity index (χ0n) is 19.2. The molecule has 1 atom stereocenters. The van der Waals surface area contributed by atoms with Gasteiger partial charge in [0, 0.05) is 29.4 Å². The van der Waals surface area contributed by atoms with Gasteiger partial charge in [0.1, 0.15) is 0 Å². The first-order chi connectivity index (χ1) is 15.5. The summed E-state index contributed by atoms with van der Waals surface area (Å²) in [7, 11) is -1.19. The van der Waals surface area contributed by atoms with Crippen molar-refractivity contribution in [1.29, 1.82) is 0 Å². The summed E-state index contributed by atoms with van der Waals surface area (Å²) in [6.07, 6.45) is 0.565. The van der Waals surface area contributed by atoms with Crippen LogP contribution in [0.3, 0.4) is 0 Å². The van der Waals surface area contributed by atoms with Crippen LogP contribution in [0.5, 0.6) is 11.5 Å². The number of benzene rings is 1. The second-order valence-electron chi connectivity index (χ2n) is 8.68. The zero-order valence-corrected chi connectivity index (χ0v) is 20.0. The van der Waals surface area contributed by atoms with Crippen molar-refractivity contribution in [3.8, 4) is 11.5 Å². The van der Waals surface area contributed by atoms with Gasteiger partial charge < -0.3 is 14.8 Å². The summed E-state index contributed by atoms with van der Waals surface area (Å²) in [6.45, 7) is 5.89. The van der Waals surface area contributed by atoms with E-state index in [0.717, 1.165) is 17.0 Å². The molecule has 1 saturated heterocycles. The fourth-order valence-electron chi connectivity index (χ4n) is 4.35. The van der Waals surface area contributed by atoms with Gasteiger partial charge in [0.05, 0.1) is 35.5 Å². The minimum absolute atomic E-state index is 0.0754. The Balaban J connectivity index is 1.43. The number of hydrogen-bond acceptors (Lipinski definition) is 8. The van der Waals surface area contributed by atoms with Crippen molar-refractivity contribution in [2.45, 2.75) is 39.8 Å². The lowest BCUT2D eigenvalue weighted by Crippen LogP contribution is -2.30. The van der Waals surface area contributed by atoms with E-state index >= 15 is 0 Å². The number of ether oxygens (including phenoxy) is 2. The summed E-state index contributed by atoms with van der Waals surface area (Å²) in [6, 6.07) is 3.03. The number of ketones is 1. The van der Waals surface area contributed by atoms with Crippen LogP contribution in [-0.2, 0) is 21.2 Å². The number of carbonyl (C=O) groups is 2. The number of fused-ring (bicyclic) bond motifs is 1. The molecule has 0 aliphatic carbocycles. The fraction of sp³-hybridized carbons (Fsp3) is 0.500. The number of hydrogen-bond donors (Lipinski definition) is 1. The molecule has 0 saturated carbocycles. The average molecular weight is 477 g/mol. The summed E-state index contributed by atoms with van der Waals surface area (Å²) in [5, 5.41) is 7.39. The average Bonchev–Trinajstić information content (AvgIpc) is 3.40. The van der Waals surface area contributed by atoms with Crippen molar-refractivity contribution in [2.24, 2.45) is 0 Å². The Morgan fingerprint density at radius 3 is 2.58 bits per heavy atom. The van der Waals surface area contributed by atoms with Crippen molar-refractivity contribution in [3.63, 3.8) is 0 Å². The number of nitrogens with zero attached hydrogens (tertiary/aromatic N) is 3. The molecule has 2 aliphatic heterocycles. The number of sulfone groups is 1. The summed E-state index contributed by atoms with van der Waals surface area (Å²) in [4.78, 5) is 26.6. The molecule has 1 aromatic heterocycles. The van der Waals surface area contributed by atoms with Gasteiger partial charge in [-0.05, 0) is 40.3 Å². The maximum Gasteiger partial charge on any atom is 0.238 e. The molecule has 3 heterocycles. The lowest BCUT2D eigenvalue weighted by atomic mass is 10.1. The largest absolute Gasteiger partial charge is 0.454 e. The molecular weight excluding hydrogens is 448 g/mol. The maximum atomic E-state index is 12.7. The number of carbonyl (C=O) groups excluding carboxylic acids is 2. The fourth-order valence-corrected chi connectivity index (χ4v) is 6.04. The van der Waals surface area contributed by atoms with Crippen molar-refractivity contribution in [3.05, 3.63) is 34.6 Å². The van der Waals surface area contributed by atoms with Gasteiger partial charge in [-0.1, -0.05) is 0 Å². The molecule has 4 rings (SSSR count). The Morgan fingerprint density at radius 1 is 1.24 bits per heavy atom. The van der Waals surface area contributed by atoms with E-state index in [1.165, 1.54) is 6.92 Å². The molecule has 1 N–H and O–H groups in total. The second kappa shape index (κ2) is 8.79. The van der Waals surface area contributed by atoms with Gasteiger partial charge in [0.15, 0.2) is 27.1 Å². The van der Waals surface area contributed by atoms with Crippen LogP contribution in [0.15, 0.2) is 12.1 Å².